The van der Waals surface area contributed by atoms with Crippen molar-refractivity contribution in [1.82, 2.24) is 4.90 Å². The number of nitriles is 1. The molecule has 3 aromatic carbocycles. The van der Waals surface area contributed by atoms with Crippen molar-refractivity contribution in [1.29, 1.82) is 5.26 Å². The second-order valence-electron chi connectivity index (χ2n) is 11.8. The van der Waals surface area contributed by atoms with Gasteiger partial charge in [0.1, 0.15) is 17.5 Å². The van der Waals surface area contributed by atoms with Gasteiger partial charge in [0.05, 0.1) is 17.7 Å². The number of anilines is 1. The molecule has 0 unspecified atom stereocenters. The number of amides is 2. The van der Waals surface area contributed by atoms with E-state index in [-0.39, 0.29) is 30.8 Å². The van der Waals surface area contributed by atoms with E-state index in [1.807, 2.05) is 69.3 Å². The maximum atomic E-state index is 13.4. The van der Waals surface area contributed by atoms with Gasteiger partial charge in [-0.3, -0.25) is 9.59 Å². The molecule has 9 nitrogen and oxygen atoms in total. The van der Waals surface area contributed by atoms with Gasteiger partial charge in [-0.2, -0.15) is 5.26 Å². The number of rotatable bonds is 5. The topological polar surface area (TPSA) is 109 Å². The third-order valence-electron chi connectivity index (χ3n) is 7.48. The first-order valence-electron chi connectivity index (χ1n) is 14.2. The van der Waals surface area contributed by atoms with Crippen molar-refractivity contribution in [3.05, 3.63) is 71.3 Å². The van der Waals surface area contributed by atoms with Crippen molar-refractivity contribution in [2.45, 2.75) is 64.7 Å². The molecule has 0 saturated carbocycles. The summed E-state index contributed by atoms with van der Waals surface area (Å²) in [6.07, 6.45) is 1.58. The average molecular weight is 570 g/mol. The lowest BCUT2D eigenvalue weighted by Gasteiger charge is -2.33. The van der Waals surface area contributed by atoms with E-state index in [0.717, 1.165) is 27.6 Å². The molecule has 1 atom stereocenters. The molecule has 218 valence electrons. The van der Waals surface area contributed by atoms with E-state index in [9.17, 15) is 19.6 Å². The first-order valence-corrected chi connectivity index (χ1v) is 14.2. The minimum absolute atomic E-state index is 0.0459. The Kier molecular flexibility index (Phi) is 8.08. The summed E-state index contributed by atoms with van der Waals surface area (Å²) in [5.74, 6) is -0.131. The summed E-state index contributed by atoms with van der Waals surface area (Å²) in [7, 11) is 0. The highest BCUT2D eigenvalue weighted by atomic mass is 16.6. The summed E-state index contributed by atoms with van der Waals surface area (Å²) < 4.78 is 16.9. The highest BCUT2D eigenvalue weighted by Crippen LogP contribution is 2.43. The van der Waals surface area contributed by atoms with Crippen LogP contribution in [0.25, 0.3) is 10.8 Å². The van der Waals surface area contributed by atoms with Crippen LogP contribution in [-0.4, -0.2) is 54.3 Å². The van der Waals surface area contributed by atoms with Crippen LogP contribution in [0.15, 0.2) is 54.6 Å². The Morgan fingerprint density at radius 2 is 1.71 bits per heavy atom. The van der Waals surface area contributed by atoms with Crippen LogP contribution in [0.3, 0.4) is 0 Å². The maximum Gasteiger partial charge on any atom is 0.410 e. The first-order chi connectivity index (χ1) is 20.0. The first kappa shape index (κ1) is 28.9. The zero-order valence-electron chi connectivity index (χ0n) is 24.4. The van der Waals surface area contributed by atoms with E-state index in [4.69, 9.17) is 14.2 Å². The van der Waals surface area contributed by atoms with Crippen LogP contribution in [0.2, 0.25) is 0 Å². The lowest BCUT2D eigenvalue weighted by molar-refractivity contribution is -0.145. The second kappa shape index (κ2) is 11.7. The minimum Gasteiger partial charge on any atom is -0.490 e. The zero-order chi connectivity index (χ0) is 30.0. The summed E-state index contributed by atoms with van der Waals surface area (Å²) in [5, 5.41) is 11.3. The molecule has 0 aliphatic carbocycles. The number of hydrogen-bond donors (Lipinski definition) is 0. The van der Waals surface area contributed by atoms with Crippen LogP contribution < -0.4 is 9.64 Å². The van der Waals surface area contributed by atoms with Gasteiger partial charge in [0.25, 0.3) is 5.91 Å². The Morgan fingerprint density at radius 3 is 2.40 bits per heavy atom. The summed E-state index contributed by atoms with van der Waals surface area (Å²) in [6, 6.07) is 19.1. The smallest absolute Gasteiger partial charge is 0.410 e. The lowest BCUT2D eigenvalue weighted by atomic mass is 9.98. The number of esters is 1. The van der Waals surface area contributed by atoms with Gasteiger partial charge in [0.2, 0.25) is 0 Å². The Labute approximate surface area is 245 Å². The Hall–Kier alpha value is -4.58. The van der Waals surface area contributed by atoms with Gasteiger partial charge in [0, 0.05) is 38.5 Å². The number of hydrogen-bond acceptors (Lipinski definition) is 7. The van der Waals surface area contributed by atoms with Crippen molar-refractivity contribution >= 4 is 34.4 Å². The molecule has 0 spiro atoms. The number of fused-ring (bicyclic) bond motifs is 2. The van der Waals surface area contributed by atoms with Gasteiger partial charge in [-0.25, -0.2) is 4.79 Å². The van der Waals surface area contributed by atoms with Crippen LogP contribution in [0.1, 0.15) is 63.3 Å². The average Bonchev–Trinajstić information content (AvgIpc) is 3.33. The van der Waals surface area contributed by atoms with Gasteiger partial charge in [-0.05, 0) is 85.5 Å². The molecule has 1 fully saturated rings. The van der Waals surface area contributed by atoms with Gasteiger partial charge in [-0.1, -0.05) is 18.2 Å². The number of ether oxygens (including phenoxy) is 3. The highest BCUT2D eigenvalue weighted by molar-refractivity contribution is 5.98. The van der Waals surface area contributed by atoms with Crippen LogP contribution in [0.4, 0.5) is 10.5 Å². The number of nitrogens with zero attached hydrogens (tertiary/aromatic N) is 3. The van der Waals surface area contributed by atoms with Gasteiger partial charge >= 0.3 is 12.1 Å². The molecule has 0 aromatic heterocycles. The number of piperidine rings is 1. The highest BCUT2D eigenvalue weighted by Gasteiger charge is 2.36. The fourth-order valence-corrected chi connectivity index (χ4v) is 5.53. The van der Waals surface area contributed by atoms with E-state index in [2.05, 4.69) is 6.07 Å². The van der Waals surface area contributed by atoms with Gasteiger partial charge < -0.3 is 24.0 Å². The van der Waals surface area contributed by atoms with E-state index in [1.54, 1.807) is 15.9 Å². The number of carbonyl (C=O) groups excluding carboxylic acids is 3. The second-order valence-corrected chi connectivity index (χ2v) is 11.8. The zero-order valence-corrected chi connectivity index (χ0v) is 24.4. The molecule has 0 radical (unpaired) electrons. The van der Waals surface area contributed by atoms with Crippen molar-refractivity contribution in [2.75, 3.05) is 24.6 Å². The van der Waals surface area contributed by atoms with E-state index < -0.39 is 11.6 Å². The predicted molar refractivity (Wildman–Crippen MR) is 157 cm³/mol. The lowest BCUT2D eigenvalue weighted by Crippen LogP contribution is -2.44. The molecule has 2 heterocycles. The largest absolute Gasteiger partial charge is 0.490 e. The number of benzene rings is 3. The molecule has 1 saturated heterocycles. The number of carbonyl (C=O) groups is 3. The number of likely N-dealkylation sites (tertiary alicyclic amines) is 1. The van der Waals surface area contributed by atoms with Crippen LogP contribution in [-0.2, 0) is 25.5 Å². The summed E-state index contributed by atoms with van der Waals surface area (Å²) in [5.41, 5.74) is 2.64. The van der Waals surface area contributed by atoms with E-state index in [0.29, 0.717) is 43.7 Å². The van der Waals surface area contributed by atoms with E-state index in [1.165, 1.54) is 6.92 Å². The summed E-state index contributed by atoms with van der Waals surface area (Å²) in [4.78, 5) is 40.6. The molecule has 42 heavy (non-hydrogen) atoms. The van der Waals surface area contributed by atoms with Crippen LogP contribution in [0.5, 0.6) is 5.75 Å². The molecule has 2 aliphatic heterocycles. The quantitative estimate of drug-likeness (QED) is 0.364. The SMILES string of the molecule is CC(=O)OCC(=O)N1c2ccc(OC3CCN(C(=O)OC(C)(C)C)CC3)cc2C[C@@H]1c1ccc2ccc(C#N)cc2c1. The van der Waals surface area contributed by atoms with Crippen molar-refractivity contribution in [3.63, 3.8) is 0 Å². The fourth-order valence-electron chi connectivity index (χ4n) is 5.53. The fraction of sp³-hybridized carbons (Fsp3) is 0.394. The Morgan fingerprint density at radius 1 is 0.976 bits per heavy atom. The normalized spacial score (nSPS) is 17.0. The van der Waals surface area contributed by atoms with Crippen molar-refractivity contribution < 1.29 is 28.6 Å². The van der Waals surface area contributed by atoms with Crippen molar-refractivity contribution in [2.24, 2.45) is 0 Å². The van der Waals surface area contributed by atoms with E-state index >= 15 is 0 Å². The Bertz CT molecular complexity index is 1560. The molecule has 5 rings (SSSR count). The predicted octanol–water partition coefficient (Wildman–Crippen LogP) is 5.68. The standard InChI is InChI=1S/C33H35N3O6/c1-21(37)40-20-31(38)36-29-10-9-28(41-27-11-13-35(14-12-27)32(39)42-33(2,3)4)17-26(29)18-30(36)24-8-7-23-6-5-22(19-34)15-25(23)16-24/h5-10,15-17,27,30H,11-14,18,20H2,1-4H3/t30-/m1/s1. The monoisotopic (exact) mass is 569 g/mol. The molecular formula is C33H35N3O6. The van der Waals surface area contributed by atoms with Gasteiger partial charge in [-0.15, -0.1) is 0 Å². The molecule has 2 amide bonds. The Balaban J connectivity index is 1.35. The third kappa shape index (κ3) is 6.49. The molecule has 0 N–H and O–H groups in total. The minimum atomic E-state index is -0.535. The summed E-state index contributed by atoms with van der Waals surface area (Å²) >= 11 is 0. The third-order valence-corrected chi connectivity index (χ3v) is 7.48. The molecule has 9 heteroatoms. The molecule has 2 aliphatic rings. The molecule has 0 bridgehead atoms. The molecular weight excluding hydrogens is 534 g/mol. The van der Waals surface area contributed by atoms with Crippen LogP contribution in [0, 0.1) is 11.3 Å². The maximum absolute atomic E-state index is 13.4. The summed E-state index contributed by atoms with van der Waals surface area (Å²) in [6.45, 7) is 7.60. The molecule has 3 aromatic rings. The van der Waals surface area contributed by atoms with Crippen molar-refractivity contribution in [3.8, 4) is 11.8 Å². The van der Waals surface area contributed by atoms with Crippen LogP contribution >= 0.6 is 0 Å². The van der Waals surface area contributed by atoms with Gasteiger partial charge in [0.15, 0.2) is 6.61 Å².